The molecule has 0 aromatic carbocycles. The molecule has 0 aliphatic carbocycles. The van der Waals surface area contributed by atoms with Crippen LogP contribution in [0.15, 0.2) is 0 Å². The Balaban J connectivity index is 3.92. The Hall–Kier alpha value is -0.770. The summed E-state index contributed by atoms with van der Waals surface area (Å²) < 4.78 is 0. The van der Waals surface area contributed by atoms with E-state index in [1.54, 1.807) is 0 Å². The van der Waals surface area contributed by atoms with Gasteiger partial charge in [-0.05, 0) is 12.8 Å². The maximum Gasteiger partial charge on any atom is 0.147 e. The van der Waals surface area contributed by atoms with Gasteiger partial charge in [-0.3, -0.25) is 4.79 Å². The first-order valence-corrected chi connectivity index (χ1v) is 4.72. The van der Waals surface area contributed by atoms with E-state index >= 15 is 0 Å². The SMILES string of the molecule is C#CCC(=O)C(CCC)CCC. The van der Waals surface area contributed by atoms with Crippen LogP contribution >= 0.6 is 0 Å². The van der Waals surface area contributed by atoms with Gasteiger partial charge in [0.25, 0.3) is 0 Å². The summed E-state index contributed by atoms with van der Waals surface area (Å²) in [6.07, 6.45) is 9.53. The molecule has 1 nitrogen and oxygen atoms in total. The lowest BCUT2D eigenvalue weighted by atomic mass is 9.92. The summed E-state index contributed by atoms with van der Waals surface area (Å²) in [6.45, 7) is 4.21. The Morgan fingerprint density at radius 3 is 2.17 bits per heavy atom. The summed E-state index contributed by atoms with van der Waals surface area (Å²) in [6, 6.07) is 0. The molecule has 12 heavy (non-hydrogen) atoms. The third-order valence-electron chi connectivity index (χ3n) is 2.01. The van der Waals surface area contributed by atoms with E-state index < -0.39 is 0 Å². The summed E-state index contributed by atoms with van der Waals surface area (Å²) in [5.41, 5.74) is 0. The van der Waals surface area contributed by atoms with E-state index in [1.807, 2.05) is 0 Å². The van der Waals surface area contributed by atoms with Crippen LogP contribution in [0.4, 0.5) is 0 Å². The zero-order chi connectivity index (χ0) is 9.40. The molecule has 0 saturated heterocycles. The number of hydrogen-bond donors (Lipinski definition) is 0. The van der Waals surface area contributed by atoms with Crippen molar-refractivity contribution in [1.29, 1.82) is 0 Å². The Labute approximate surface area is 75.5 Å². The molecule has 0 aromatic rings. The standard InChI is InChI=1S/C11H18O/c1-4-7-10(8-5-2)11(12)9-6-3/h3,10H,4-5,7-9H2,1-2H3. The predicted octanol–water partition coefficient (Wildman–Crippen LogP) is 2.80. The van der Waals surface area contributed by atoms with E-state index in [-0.39, 0.29) is 11.7 Å². The van der Waals surface area contributed by atoms with Crippen LogP contribution < -0.4 is 0 Å². The Morgan fingerprint density at radius 1 is 1.33 bits per heavy atom. The molecule has 0 N–H and O–H groups in total. The minimum absolute atomic E-state index is 0.219. The van der Waals surface area contributed by atoms with E-state index in [9.17, 15) is 4.79 Å². The van der Waals surface area contributed by atoms with Crippen LogP contribution in [0.1, 0.15) is 46.0 Å². The van der Waals surface area contributed by atoms with E-state index in [0.717, 1.165) is 25.7 Å². The van der Waals surface area contributed by atoms with E-state index in [4.69, 9.17) is 6.42 Å². The van der Waals surface area contributed by atoms with Crippen molar-refractivity contribution in [3.8, 4) is 12.3 Å². The number of ketones is 1. The molecule has 0 heterocycles. The number of hydrogen-bond acceptors (Lipinski definition) is 1. The lowest BCUT2D eigenvalue weighted by Crippen LogP contribution is -2.13. The molecule has 0 spiro atoms. The lowest BCUT2D eigenvalue weighted by Gasteiger charge is -2.11. The highest BCUT2D eigenvalue weighted by atomic mass is 16.1. The van der Waals surface area contributed by atoms with Gasteiger partial charge in [-0.1, -0.05) is 32.6 Å². The largest absolute Gasteiger partial charge is 0.298 e. The predicted molar refractivity (Wildman–Crippen MR) is 51.8 cm³/mol. The molecule has 0 aromatic heterocycles. The lowest BCUT2D eigenvalue weighted by molar-refractivity contribution is -0.122. The van der Waals surface area contributed by atoms with Gasteiger partial charge >= 0.3 is 0 Å². The van der Waals surface area contributed by atoms with Crippen molar-refractivity contribution >= 4 is 5.78 Å². The molecule has 0 unspecified atom stereocenters. The number of terminal acetylenes is 1. The monoisotopic (exact) mass is 166 g/mol. The van der Waals surface area contributed by atoms with E-state index in [1.165, 1.54) is 0 Å². The molecule has 1 heteroatoms. The van der Waals surface area contributed by atoms with E-state index in [2.05, 4.69) is 19.8 Å². The molecule has 0 aliphatic heterocycles. The van der Waals surface area contributed by atoms with Crippen LogP contribution in [-0.2, 0) is 4.79 Å². The first-order valence-electron chi connectivity index (χ1n) is 4.72. The quantitative estimate of drug-likeness (QED) is 0.554. The molecule has 0 rings (SSSR count). The molecule has 0 radical (unpaired) electrons. The molecule has 0 aliphatic rings. The molecular weight excluding hydrogens is 148 g/mol. The minimum atomic E-state index is 0.219. The topological polar surface area (TPSA) is 17.1 Å². The summed E-state index contributed by atoms with van der Waals surface area (Å²) in [4.78, 5) is 11.4. The van der Waals surface area contributed by atoms with Crippen molar-refractivity contribution in [2.45, 2.75) is 46.0 Å². The third kappa shape index (κ3) is 4.18. The fourth-order valence-corrected chi connectivity index (χ4v) is 1.41. The number of carbonyl (C=O) groups is 1. The summed E-state index contributed by atoms with van der Waals surface area (Å²) in [5, 5.41) is 0. The first kappa shape index (κ1) is 11.2. The van der Waals surface area contributed by atoms with Gasteiger partial charge in [0.1, 0.15) is 5.78 Å². The van der Waals surface area contributed by atoms with Crippen LogP contribution in [-0.4, -0.2) is 5.78 Å². The van der Waals surface area contributed by atoms with Crippen molar-refractivity contribution in [3.05, 3.63) is 0 Å². The molecule has 68 valence electrons. The molecular formula is C11H18O. The first-order chi connectivity index (χ1) is 5.76. The van der Waals surface area contributed by atoms with Gasteiger partial charge < -0.3 is 0 Å². The average Bonchev–Trinajstić information content (AvgIpc) is 2.04. The fourth-order valence-electron chi connectivity index (χ4n) is 1.41. The van der Waals surface area contributed by atoms with Crippen LogP contribution in [0.5, 0.6) is 0 Å². The van der Waals surface area contributed by atoms with Gasteiger partial charge in [-0.2, -0.15) is 0 Å². The van der Waals surface area contributed by atoms with Gasteiger partial charge in [0.05, 0.1) is 6.42 Å². The third-order valence-corrected chi connectivity index (χ3v) is 2.01. The summed E-state index contributed by atoms with van der Waals surface area (Å²) in [5.74, 6) is 2.88. The van der Waals surface area contributed by atoms with Gasteiger partial charge in [0.15, 0.2) is 0 Å². The van der Waals surface area contributed by atoms with Crippen molar-refractivity contribution in [2.75, 3.05) is 0 Å². The van der Waals surface area contributed by atoms with Crippen LogP contribution in [0.25, 0.3) is 0 Å². The van der Waals surface area contributed by atoms with Gasteiger partial charge in [-0.25, -0.2) is 0 Å². The van der Waals surface area contributed by atoms with Crippen molar-refractivity contribution in [1.82, 2.24) is 0 Å². The van der Waals surface area contributed by atoms with E-state index in [0.29, 0.717) is 6.42 Å². The number of Topliss-reactive ketones (excluding diaryl/α,β-unsaturated/α-hetero) is 1. The van der Waals surface area contributed by atoms with Gasteiger partial charge in [-0.15, -0.1) is 6.42 Å². The molecule has 0 fully saturated rings. The molecule has 0 bridgehead atoms. The second-order valence-corrected chi connectivity index (χ2v) is 3.12. The highest BCUT2D eigenvalue weighted by Gasteiger charge is 2.14. The van der Waals surface area contributed by atoms with Crippen molar-refractivity contribution < 1.29 is 4.79 Å². The molecule has 0 saturated carbocycles. The number of carbonyl (C=O) groups excluding carboxylic acids is 1. The Bertz CT molecular complexity index is 158. The van der Waals surface area contributed by atoms with Gasteiger partial charge in [0, 0.05) is 5.92 Å². The zero-order valence-corrected chi connectivity index (χ0v) is 8.10. The normalized spacial score (nSPS) is 9.83. The number of rotatable bonds is 6. The fraction of sp³-hybridized carbons (Fsp3) is 0.727. The second-order valence-electron chi connectivity index (χ2n) is 3.12. The minimum Gasteiger partial charge on any atom is -0.298 e. The summed E-state index contributed by atoms with van der Waals surface area (Å²) in [7, 11) is 0. The zero-order valence-electron chi connectivity index (χ0n) is 8.10. The van der Waals surface area contributed by atoms with Crippen molar-refractivity contribution in [3.63, 3.8) is 0 Å². The second kappa shape index (κ2) is 6.91. The average molecular weight is 166 g/mol. The Morgan fingerprint density at radius 2 is 1.83 bits per heavy atom. The molecule has 0 amide bonds. The highest BCUT2D eigenvalue weighted by molar-refractivity contribution is 5.83. The maximum absolute atomic E-state index is 11.4. The smallest absolute Gasteiger partial charge is 0.147 e. The van der Waals surface area contributed by atoms with Crippen molar-refractivity contribution in [2.24, 2.45) is 5.92 Å². The van der Waals surface area contributed by atoms with Crippen LogP contribution in [0, 0.1) is 18.3 Å². The Kier molecular flexibility index (Phi) is 6.47. The highest BCUT2D eigenvalue weighted by Crippen LogP contribution is 2.15. The summed E-state index contributed by atoms with van der Waals surface area (Å²) >= 11 is 0. The maximum atomic E-state index is 11.4. The molecule has 0 atom stereocenters. The van der Waals surface area contributed by atoms with Crippen LogP contribution in [0.2, 0.25) is 0 Å². The van der Waals surface area contributed by atoms with Crippen LogP contribution in [0.3, 0.4) is 0 Å². The van der Waals surface area contributed by atoms with Gasteiger partial charge in [0.2, 0.25) is 0 Å².